The van der Waals surface area contributed by atoms with E-state index < -0.39 is 9.05 Å². The zero-order valence-corrected chi connectivity index (χ0v) is 12.7. The summed E-state index contributed by atoms with van der Waals surface area (Å²) in [7, 11) is 1.60. The Balaban J connectivity index is 2.24. The van der Waals surface area contributed by atoms with Gasteiger partial charge in [0.2, 0.25) is 0 Å². The van der Waals surface area contributed by atoms with Crippen molar-refractivity contribution in [2.45, 2.75) is 44.2 Å². The molecule has 0 radical (unpaired) electrons. The SMILES string of the molecule is CC(C)c1nc(S(=O)(=O)Cl)cn1CC1CCOCC1. The van der Waals surface area contributed by atoms with Gasteiger partial charge in [-0.1, -0.05) is 13.8 Å². The smallest absolute Gasteiger partial charge is 0.280 e. The van der Waals surface area contributed by atoms with Crippen LogP contribution in [-0.2, 0) is 20.3 Å². The Labute approximate surface area is 118 Å². The van der Waals surface area contributed by atoms with Gasteiger partial charge in [0.15, 0.2) is 5.03 Å². The monoisotopic (exact) mass is 306 g/mol. The minimum absolute atomic E-state index is 0.0510. The van der Waals surface area contributed by atoms with Gasteiger partial charge in [-0.05, 0) is 18.8 Å². The summed E-state index contributed by atoms with van der Waals surface area (Å²) in [5.41, 5.74) is 0. The Bertz CT molecular complexity index is 533. The summed E-state index contributed by atoms with van der Waals surface area (Å²) >= 11 is 0. The van der Waals surface area contributed by atoms with Crippen molar-refractivity contribution >= 4 is 19.7 Å². The third-order valence-corrected chi connectivity index (χ3v) is 4.52. The van der Waals surface area contributed by atoms with Gasteiger partial charge in [0.05, 0.1) is 0 Å². The molecule has 0 unspecified atom stereocenters. The maximum absolute atomic E-state index is 11.4. The molecule has 0 N–H and O–H groups in total. The van der Waals surface area contributed by atoms with Gasteiger partial charge in [-0.15, -0.1) is 0 Å². The van der Waals surface area contributed by atoms with Crippen molar-refractivity contribution in [1.29, 1.82) is 0 Å². The lowest BCUT2D eigenvalue weighted by molar-refractivity contribution is 0.0609. The van der Waals surface area contributed by atoms with Crippen molar-refractivity contribution in [2.75, 3.05) is 13.2 Å². The second kappa shape index (κ2) is 5.81. The van der Waals surface area contributed by atoms with Crippen LogP contribution in [0.15, 0.2) is 11.2 Å². The van der Waals surface area contributed by atoms with Crippen LogP contribution in [0.5, 0.6) is 0 Å². The molecule has 1 aliphatic rings. The lowest BCUT2D eigenvalue weighted by Gasteiger charge is -2.23. The highest BCUT2D eigenvalue weighted by Gasteiger charge is 2.22. The van der Waals surface area contributed by atoms with Crippen LogP contribution in [0.3, 0.4) is 0 Å². The molecule has 1 saturated heterocycles. The fourth-order valence-corrected chi connectivity index (χ4v) is 3.02. The molecule has 0 bridgehead atoms. The van der Waals surface area contributed by atoms with Crippen molar-refractivity contribution in [2.24, 2.45) is 5.92 Å². The third kappa shape index (κ3) is 3.70. The average molecular weight is 307 g/mol. The number of aromatic nitrogens is 2. The van der Waals surface area contributed by atoms with Gasteiger partial charge >= 0.3 is 0 Å². The fraction of sp³-hybridized carbons (Fsp3) is 0.750. The summed E-state index contributed by atoms with van der Waals surface area (Å²) < 4.78 is 30.0. The number of imidazole rings is 1. The maximum Gasteiger partial charge on any atom is 0.280 e. The van der Waals surface area contributed by atoms with Crippen LogP contribution in [-0.4, -0.2) is 31.2 Å². The minimum Gasteiger partial charge on any atom is -0.381 e. The molecule has 1 aromatic heterocycles. The predicted molar refractivity (Wildman–Crippen MR) is 72.9 cm³/mol. The predicted octanol–water partition coefficient (Wildman–Crippen LogP) is 2.36. The molecule has 1 fully saturated rings. The average Bonchev–Trinajstić information content (AvgIpc) is 2.74. The molecule has 1 aromatic rings. The zero-order valence-electron chi connectivity index (χ0n) is 11.2. The molecule has 7 heteroatoms. The first-order valence-corrected chi connectivity index (χ1v) is 8.78. The van der Waals surface area contributed by atoms with Gasteiger partial charge in [-0.2, -0.15) is 0 Å². The summed E-state index contributed by atoms with van der Waals surface area (Å²) in [4.78, 5) is 4.16. The van der Waals surface area contributed by atoms with E-state index in [0.29, 0.717) is 5.92 Å². The highest BCUT2D eigenvalue weighted by Crippen LogP contribution is 2.23. The number of halogens is 1. The molecule has 108 valence electrons. The van der Waals surface area contributed by atoms with E-state index in [1.165, 1.54) is 0 Å². The highest BCUT2D eigenvalue weighted by molar-refractivity contribution is 8.13. The quantitative estimate of drug-likeness (QED) is 0.801. The summed E-state index contributed by atoms with van der Waals surface area (Å²) in [6, 6.07) is 0. The molecule has 5 nitrogen and oxygen atoms in total. The van der Waals surface area contributed by atoms with Crippen molar-refractivity contribution in [1.82, 2.24) is 9.55 Å². The molecular weight excluding hydrogens is 288 g/mol. The van der Waals surface area contributed by atoms with E-state index in [2.05, 4.69) is 4.98 Å². The maximum atomic E-state index is 11.4. The Hall–Kier alpha value is -0.590. The minimum atomic E-state index is -3.76. The van der Waals surface area contributed by atoms with Gasteiger partial charge in [-0.25, -0.2) is 13.4 Å². The van der Waals surface area contributed by atoms with E-state index in [1.54, 1.807) is 6.20 Å². The molecule has 19 heavy (non-hydrogen) atoms. The molecule has 0 saturated carbocycles. The van der Waals surface area contributed by atoms with E-state index in [0.717, 1.165) is 38.4 Å². The lowest BCUT2D eigenvalue weighted by Crippen LogP contribution is -2.21. The molecule has 0 aromatic carbocycles. The molecule has 2 heterocycles. The van der Waals surface area contributed by atoms with E-state index in [9.17, 15) is 8.42 Å². The number of ether oxygens (including phenoxy) is 1. The van der Waals surface area contributed by atoms with E-state index in [4.69, 9.17) is 15.4 Å². The van der Waals surface area contributed by atoms with E-state index >= 15 is 0 Å². The van der Waals surface area contributed by atoms with Gasteiger partial charge in [0.1, 0.15) is 5.82 Å². The summed E-state index contributed by atoms with van der Waals surface area (Å²) in [5.74, 6) is 1.43. The Morgan fingerprint density at radius 1 is 1.47 bits per heavy atom. The summed E-state index contributed by atoms with van der Waals surface area (Å²) in [6.45, 7) is 6.31. The molecule has 0 aliphatic carbocycles. The molecule has 0 amide bonds. The summed E-state index contributed by atoms with van der Waals surface area (Å²) in [6.07, 6.45) is 3.55. The molecule has 0 spiro atoms. The van der Waals surface area contributed by atoms with Crippen molar-refractivity contribution in [3.63, 3.8) is 0 Å². The Morgan fingerprint density at radius 2 is 2.11 bits per heavy atom. The van der Waals surface area contributed by atoms with Crippen LogP contribution in [0, 0.1) is 5.92 Å². The van der Waals surface area contributed by atoms with E-state index in [1.807, 2.05) is 18.4 Å². The van der Waals surface area contributed by atoms with Crippen molar-refractivity contribution in [3.8, 4) is 0 Å². The topological polar surface area (TPSA) is 61.2 Å². The van der Waals surface area contributed by atoms with Crippen LogP contribution < -0.4 is 0 Å². The van der Waals surface area contributed by atoms with Crippen LogP contribution in [0.4, 0.5) is 0 Å². The first kappa shape index (κ1) is 14.8. The standard InChI is InChI=1S/C12H19ClN2O3S/c1-9(2)12-14-11(19(13,16)17)8-15(12)7-10-3-5-18-6-4-10/h8-10H,3-7H2,1-2H3. The van der Waals surface area contributed by atoms with Crippen molar-refractivity contribution < 1.29 is 13.2 Å². The first-order chi connectivity index (χ1) is 8.88. The number of rotatable bonds is 4. The second-order valence-electron chi connectivity index (χ2n) is 5.24. The second-order valence-corrected chi connectivity index (χ2v) is 7.75. The Morgan fingerprint density at radius 3 is 2.63 bits per heavy atom. The van der Waals surface area contributed by atoms with Gasteiger partial charge in [0, 0.05) is 42.6 Å². The molecule has 2 rings (SSSR count). The first-order valence-electron chi connectivity index (χ1n) is 6.47. The van der Waals surface area contributed by atoms with Gasteiger partial charge < -0.3 is 9.30 Å². The Kier molecular flexibility index (Phi) is 4.53. The fourth-order valence-electron chi connectivity index (χ4n) is 2.34. The van der Waals surface area contributed by atoms with Crippen LogP contribution in [0.25, 0.3) is 0 Å². The summed E-state index contributed by atoms with van der Waals surface area (Å²) in [5, 5.41) is -0.0510. The highest BCUT2D eigenvalue weighted by atomic mass is 35.7. The van der Waals surface area contributed by atoms with Crippen molar-refractivity contribution in [3.05, 3.63) is 12.0 Å². The molecule has 1 aliphatic heterocycles. The molecular formula is C12H19ClN2O3S. The third-order valence-electron chi connectivity index (χ3n) is 3.35. The van der Waals surface area contributed by atoms with Crippen LogP contribution in [0.1, 0.15) is 38.4 Å². The molecule has 0 atom stereocenters. The van der Waals surface area contributed by atoms with Crippen LogP contribution in [0.2, 0.25) is 0 Å². The number of nitrogens with zero attached hydrogens (tertiary/aromatic N) is 2. The van der Waals surface area contributed by atoms with E-state index in [-0.39, 0.29) is 10.9 Å². The normalized spacial score (nSPS) is 18.1. The number of hydrogen-bond donors (Lipinski definition) is 0. The number of hydrogen-bond acceptors (Lipinski definition) is 4. The lowest BCUT2D eigenvalue weighted by atomic mass is 10.00. The zero-order chi connectivity index (χ0) is 14.0. The van der Waals surface area contributed by atoms with Gasteiger partial charge in [0.25, 0.3) is 9.05 Å². The largest absolute Gasteiger partial charge is 0.381 e. The van der Waals surface area contributed by atoms with Crippen LogP contribution >= 0.6 is 10.7 Å². The van der Waals surface area contributed by atoms with Gasteiger partial charge in [-0.3, -0.25) is 0 Å².